The average molecular weight is 318 g/mol. The third kappa shape index (κ3) is 4.74. The Balaban J connectivity index is 3.20. The van der Waals surface area contributed by atoms with Crippen LogP contribution in [0.15, 0.2) is 23.1 Å². The van der Waals surface area contributed by atoms with E-state index in [0.29, 0.717) is 12.1 Å². The van der Waals surface area contributed by atoms with Gasteiger partial charge < -0.3 is 10.5 Å². The zero-order chi connectivity index (χ0) is 16.0. The van der Waals surface area contributed by atoms with Gasteiger partial charge in [-0.1, -0.05) is 19.9 Å². The van der Waals surface area contributed by atoms with Gasteiger partial charge in [0.15, 0.2) is 0 Å². The summed E-state index contributed by atoms with van der Waals surface area (Å²) in [5, 5.41) is 0. The molecule has 21 heavy (non-hydrogen) atoms. The highest BCUT2D eigenvalue weighted by molar-refractivity contribution is 7.89. The van der Waals surface area contributed by atoms with Gasteiger partial charge in [0.25, 0.3) is 0 Å². The fraction of sp³-hybridized carbons (Fsp3) is 0.571. The molecule has 0 spiro atoms. The fourth-order valence-electron chi connectivity index (χ4n) is 1.92. The molecule has 1 aromatic carbocycles. The number of hydrogen-bond acceptors (Lipinski definition) is 4. The monoisotopic (exact) mass is 318 g/mol. The molecule has 5 nitrogen and oxygen atoms in total. The van der Waals surface area contributed by atoms with Crippen molar-refractivity contribution in [2.24, 2.45) is 11.7 Å². The van der Waals surface area contributed by atoms with Crippen LogP contribution in [0.25, 0.3) is 0 Å². The SMILES string of the molecule is COCCN(CC(C)C)S(=O)(=O)c1cc(CN)ccc1F. The highest BCUT2D eigenvalue weighted by Crippen LogP contribution is 2.21. The van der Waals surface area contributed by atoms with Crippen LogP contribution in [0.2, 0.25) is 0 Å². The lowest BCUT2D eigenvalue weighted by molar-refractivity contribution is 0.175. The molecule has 0 aliphatic heterocycles. The molecule has 0 unspecified atom stereocenters. The van der Waals surface area contributed by atoms with Crippen LogP contribution < -0.4 is 5.73 Å². The molecule has 0 fully saturated rings. The molecule has 0 aliphatic rings. The van der Waals surface area contributed by atoms with Gasteiger partial charge in [0.2, 0.25) is 10.0 Å². The quantitative estimate of drug-likeness (QED) is 0.790. The number of halogens is 1. The summed E-state index contributed by atoms with van der Waals surface area (Å²) in [5.74, 6) is -0.643. The summed E-state index contributed by atoms with van der Waals surface area (Å²) in [6, 6.07) is 3.92. The smallest absolute Gasteiger partial charge is 0.246 e. The van der Waals surface area contributed by atoms with Gasteiger partial charge in [-0.05, 0) is 23.6 Å². The average Bonchev–Trinajstić information content (AvgIpc) is 2.43. The first kappa shape index (κ1) is 18.0. The Hall–Kier alpha value is -1.02. The molecule has 1 rings (SSSR count). The number of ether oxygens (including phenoxy) is 1. The Morgan fingerprint density at radius 1 is 1.38 bits per heavy atom. The van der Waals surface area contributed by atoms with Gasteiger partial charge in [-0.3, -0.25) is 0 Å². The van der Waals surface area contributed by atoms with Crippen LogP contribution in [0.5, 0.6) is 0 Å². The predicted molar refractivity (Wildman–Crippen MR) is 79.8 cm³/mol. The Morgan fingerprint density at radius 3 is 2.57 bits per heavy atom. The summed E-state index contributed by atoms with van der Waals surface area (Å²) in [5.41, 5.74) is 6.07. The van der Waals surface area contributed by atoms with E-state index in [9.17, 15) is 12.8 Å². The molecule has 2 N–H and O–H groups in total. The third-order valence-corrected chi connectivity index (χ3v) is 4.84. The molecule has 120 valence electrons. The normalized spacial score (nSPS) is 12.3. The summed E-state index contributed by atoms with van der Waals surface area (Å²) in [7, 11) is -2.41. The number of benzene rings is 1. The first-order valence-corrected chi connectivity index (χ1v) is 8.24. The summed E-state index contributed by atoms with van der Waals surface area (Å²) in [6.07, 6.45) is 0. The Bertz CT molecular complexity index is 561. The first-order valence-electron chi connectivity index (χ1n) is 6.80. The molecule has 0 bridgehead atoms. The second-order valence-electron chi connectivity index (χ2n) is 5.22. The van der Waals surface area contributed by atoms with Crippen molar-refractivity contribution in [3.05, 3.63) is 29.6 Å². The minimum absolute atomic E-state index is 0.123. The van der Waals surface area contributed by atoms with E-state index in [2.05, 4.69) is 0 Å². The van der Waals surface area contributed by atoms with E-state index < -0.39 is 15.8 Å². The molecule has 0 saturated carbocycles. The van der Waals surface area contributed by atoms with E-state index >= 15 is 0 Å². The van der Waals surface area contributed by atoms with Crippen LogP contribution in [0.1, 0.15) is 19.4 Å². The van der Waals surface area contributed by atoms with Gasteiger partial charge in [0.1, 0.15) is 10.7 Å². The highest BCUT2D eigenvalue weighted by atomic mass is 32.2. The molecule has 0 radical (unpaired) electrons. The Kier molecular flexibility index (Phi) is 6.73. The lowest BCUT2D eigenvalue weighted by atomic mass is 10.2. The van der Waals surface area contributed by atoms with Gasteiger partial charge in [0.05, 0.1) is 6.61 Å². The minimum atomic E-state index is -3.91. The van der Waals surface area contributed by atoms with Crippen molar-refractivity contribution in [2.75, 3.05) is 26.8 Å². The lowest BCUT2D eigenvalue weighted by Crippen LogP contribution is -2.37. The van der Waals surface area contributed by atoms with Crippen LogP contribution in [-0.2, 0) is 21.3 Å². The van der Waals surface area contributed by atoms with Crippen LogP contribution in [0, 0.1) is 11.7 Å². The van der Waals surface area contributed by atoms with E-state index in [1.165, 1.54) is 23.5 Å². The molecule has 1 aromatic rings. The molecule has 0 heterocycles. The summed E-state index contributed by atoms with van der Waals surface area (Å²) in [4.78, 5) is -0.331. The third-order valence-electron chi connectivity index (χ3n) is 2.96. The van der Waals surface area contributed by atoms with Gasteiger partial charge in [0, 0.05) is 26.7 Å². The molecule has 0 aromatic heterocycles. The summed E-state index contributed by atoms with van der Waals surface area (Å²) < 4.78 is 45.4. The van der Waals surface area contributed by atoms with Crippen molar-refractivity contribution in [2.45, 2.75) is 25.3 Å². The van der Waals surface area contributed by atoms with Gasteiger partial charge in [-0.2, -0.15) is 4.31 Å². The van der Waals surface area contributed by atoms with Crippen molar-refractivity contribution in [1.29, 1.82) is 0 Å². The predicted octanol–water partition coefficient (Wildman–Crippen LogP) is 1.58. The number of nitrogens with two attached hydrogens (primary N) is 1. The van der Waals surface area contributed by atoms with E-state index in [1.807, 2.05) is 13.8 Å². The van der Waals surface area contributed by atoms with Gasteiger partial charge >= 0.3 is 0 Å². The molecular formula is C14H23FN2O3S. The minimum Gasteiger partial charge on any atom is -0.383 e. The maximum absolute atomic E-state index is 13.9. The molecular weight excluding hydrogens is 295 g/mol. The zero-order valence-electron chi connectivity index (χ0n) is 12.7. The number of methoxy groups -OCH3 is 1. The largest absolute Gasteiger partial charge is 0.383 e. The lowest BCUT2D eigenvalue weighted by Gasteiger charge is -2.24. The number of rotatable bonds is 8. The number of hydrogen-bond donors (Lipinski definition) is 1. The van der Waals surface area contributed by atoms with Crippen molar-refractivity contribution in [1.82, 2.24) is 4.31 Å². The highest BCUT2D eigenvalue weighted by Gasteiger charge is 2.28. The topological polar surface area (TPSA) is 72.6 Å². The first-order chi connectivity index (χ1) is 9.82. The van der Waals surface area contributed by atoms with Gasteiger partial charge in [-0.15, -0.1) is 0 Å². The second-order valence-corrected chi connectivity index (χ2v) is 7.12. The van der Waals surface area contributed by atoms with Crippen molar-refractivity contribution >= 4 is 10.0 Å². The Morgan fingerprint density at radius 2 is 2.05 bits per heavy atom. The Labute approximate surface area is 125 Å². The van der Waals surface area contributed by atoms with Crippen molar-refractivity contribution in [3.63, 3.8) is 0 Å². The molecule has 0 saturated heterocycles. The molecule has 0 aliphatic carbocycles. The number of nitrogens with zero attached hydrogens (tertiary/aromatic N) is 1. The maximum Gasteiger partial charge on any atom is 0.246 e. The van der Waals surface area contributed by atoms with Crippen LogP contribution in [-0.4, -0.2) is 39.5 Å². The van der Waals surface area contributed by atoms with E-state index in [0.717, 1.165) is 6.07 Å². The van der Waals surface area contributed by atoms with Crippen molar-refractivity contribution < 1.29 is 17.5 Å². The second kappa shape index (κ2) is 7.84. The fourth-order valence-corrected chi connectivity index (χ4v) is 3.62. The molecule has 7 heteroatoms. The molecule has 0 atom stereocenters. The van der Waals surface area contributed by atoms with Crippen LogP contribution in [0.4, 0.5) is 4.39 Å². The van der Waals surface area contributed by atoms with E-state index in [4.69, 9.17) is 10.5 Å². The summed E-state index contributed by atoms with van der Waals surface area (Å²) in [6.45, 7) is 4.71. The maximum atomic E-state index is 13.9. The standard InChI is InChI=1S/C14H23FN2O3S/c1-11(2)10-17(6-7-20-3)21(18,19)14-8-12(9-16)4-5-13(14)15/h4-5,8,11H,6-7,9-10,16H2,1-3H3. The van der Waals surface area contributed by atoms with E-state index in [1.54, 1.807) is 0 Å². The molecule has 0 amide bonds. The van der Waals surface area contributed by atoms with Crippen LogP contribution in [0.3, 0.4) is 0 Å². The number of sulfonamides is 1. The summed E-state index contributed by atoms with van der Waals surface area (Å²) >= 11 is 0. The zero-order valence-corrected chi connectivity index (χ0v) is 13.5. The van der Waals surface area contributed by atoms with Gasteiger partial charge in [-0.25, -0.2) is 12.8 Å². The van der Waals surface area contributed by atoms with Crippen LogP contribution >= 0.6 is 0 Å². The van der Waals surface area contributed by atoms with E-state index in [-0.39, 0.29) is 30.5 Å². The van der Waals surface area contributed by atoms with Crippen molar-refractivity contribution in [3.8, 4) is 0 Å².